The highest BCUT2D eigenvalue weighted by atomic mass is 16.5. The van der Waals surface area contributed by atoms with E-state index < -0.39 is 0 Å². The summed E-state index contributed by atoms with van der Waals surface area (Å²) in [7, 11) is 1.59. The molecule has 2 nitrogen and oxygen atoms in total. The molecule has 0 aliphatic heterocycles. The van der Waals surface area contributed by atoms with Crippen molar-refractivity contribution >= 4 is 0 Å². The number of methoxy groups -OCH3 is 1. The largest absolute Gasteiger partial charge is 0.392 e. The quantitative estimate of drug-likeness (QED) is 0.512. The van der Waals surface area contributed by atoms with Gasteiger partial charge in [0.05, 0.1) is 20.1 Å². The lowest BCUT2D eigenvalue weighted by atomic mass is 10.2. The first-order chi connectivity index (χ1) is 3.31. The van der Waals surface area contributed by atoms with Crippen LogP contribution in [0.2, 0.25) is 0 Å². The third kappa shape index (κ3) is 3.62. The van der Waals surface area contributed by atoms with Crippen LogP contribution in [0.5, 0.6) is 0 Å². The highest BCUT2D eigenvalue weighted by molar-refractivity contribution is 4.55. The maximum atomic E-state index is 8.32. The first-order valence-electron chi connectivity index (χ1n) is 2.24. The summed E-state index contributed by atoms with van der Waals surface area (Å²) in [4.78, 5) is 0. The molecule has 0 radical (unpaired) electrons. The highest BCUT2D eigenvalue weighted by Gasteiger charge is 2.03. The summed E-state index contributed by atoms with van der Waals surface area (Å²) < 4.78 is 4.67. The maximum Gasteiger partial charge on any atom is 0.141 e. The predicted molar refractivity (Wildman–Crippen MR) is 27.8 cm³/mol. The van der Waals surface area contributed by atoms with Gasteiger partial charge >= 0.3 is 0 Å². The Labute approximate surface area is 44.1 Å². The van der Waals surface area contributed by atoms with Crippen LogP contribution in [0.1, 0.15) is 0 Å². The molecule has 1 N–H and O–H groups in total. The lowest BCUT2D eigenvalue weighted by Crippen LogP contribution is -2.07. The van der Waals surface area contributed by atoms with Crippen molar-refractivity contribution in [2.75, 3.05) is 20.3 Å². The van der Waals surface area contributed by atoms with Crippen LogP contribution < -0.4 is 0 Å². The summed E-state index contributed by atoms with van der Waals surface area (Å²) in [6.07, 6.45) is 0. The van der Waals surface area contributed by atoms with Crippen molar-refractivity contribution in [1.82, 2.24) is 0 Å². The summed E-state index contributed by atoms with van der Waals surface area (Å²) in [6.45, 7) is 4.21. The van der Waals surface area contributed by atoms with Crippen molar-refractivity contribution in [2.45, 2.75) is 0 Å². The van der Waals surface area contributed by atoms with E-state index in [1.54, 1.807) is 7.11 Å². The second-order valence-corrected chi connectivity index (χ2v) is 1.50. The predicted octanol–water partition coefficient (Wildman–Crippen LogP) is 0.0754. The Bertz CT molecular complexity index is 37.1. The summed E-state index contributed by atoms with van der Waals surface area (Å²) in [5.41, 5.74) is 0. The zero-order valence-electron chi connectivity index (χ0n) is 4.55. The number of rotatable bonds is 3. The van der Waals surface area contributed by atoms with Crippen molar-refractivity contribution in [3.8, 4) is 0 Å². The van der Waals surface area contributed by atoms with Crippen LogP contribution in [-0.2, 0) is 4.74 Å². The molecule has 42 valence electrons. The Morgan fingerprint density at radius 1 is 1.86 bits per heavy atom. The number of aliphatic hydroxyl groups is 1. The van der Waals surface area contributed by atoms with Gasteiger partial charge in [-0.15, -0.1) is 0 Å². The maximum absolute atomic E-state index is 8.32. The Balaban J connectivity index is 2.83. The van der Waals surface area contributed by atoms with Crippen molar-refractivity contribution in [3.63, 3.8) is 0 Å². The monoisotopic (exact) mass is 103 g/mol. The van der Waals surface area contributed by atoms with Gasteiger partial charge in [-0.25, -0.2) is 0 Å². The molecular formula is C5H11O2+. The van der Waals surface area contributed by atoms with Gasteiger partial charge in [-0.1, -0.05) is 0 Å². The second kappa shape index (κ2) is 3.96. The molecule has 2 heteroatoms. The van der Waals surface area contributed by atoms with E-state index in [9.17, 15) is 0 Å². The molecule has 0 saturated carbocycles. The molecule has 7 heavy (non-hydrogen) atoms. The van der Waals surface area contributed by atoms with E-state index in [2.05, 4.69) is 11.7 Å². The average Bonchev–Trinajstić information content (AvgIpc) is 1.68. The molecule has 0 amide bonds. The van der Waals surface area contributed by atoms with Crippen molar-refractivity contribution in [2.24, 2.45) is 5.92 Å². The van der Waals surface area contributed by atoms with E-state index in [0.29, 0.717) is 6.61 Å². The standard InChI is InChI=1S/C5H11O2/c1-5(3-6)4-7-2/h5-6H,1,3-4H2,2H3/q+1. The van der Waals surface area contributed by atoms with Gasteiger partial charge in [0.1, 0.15) is 5.92 Å². The lowest BCUT2D eigenvalue weighted by molar-refractivity contribution is 0.131. The molecular weight excluding hydrogens is 92.1 g/mol. The smallest absolute Gasteiger partial charge is 0.141 e. The van der Waals surface area contributed by atoms with Gasteiger partial charge in [-0.3, -0.25) is 0 Å². The number of ether oxygens (including phenoxy) is 1. The SMILES string of the molecule is [CH2+]C(CO)COC. The number of aliphatic hydroxyl groups excluding tert-OH is 1. The molecule has 0 fully saturated rings. The van der Waals surface area contributed by atoms with Gasteiger partial charge in [0.15, 0.2) is 0 Å². The van der Waals surface area contributed by atoms with Crippen LogP contribution in [0.3, 0.4) is 0 Å². The van der Waals surface area contributed by atoms with E-state index in [0.717, 1.165) is 0 Å². The van der Waals surface area contributed by atoms with Gasteiger partial charge in [-0.2, -0.15) is 0 Å². The fourth-order valence-corrected chi connectivity index (χ4v) is 0.288. The van der Waals surface area contributed by atoms with E-state index in [4.69, 9.17) is 5.11 Å². The Morgan fingerprint density at radius 2 is 2.43 bits per heavy atom. The van der Waals surface area contributed by atoms with E-state index >= 15 is 0 Å². The molecule has 0 spiro atoms. The van der Waals surface area contributed by atoms with Gasteiger partial charge < -0.3 is 9.84 Å². The van der Waals surface area contributed by atoms with Crippen LogP contribution in [0.15, 0.2) is 0 Å². The molecule has 0 aromatic heterocycles. The molecule has 0 heterocycles. The zero-order valence-corrected chi connectivity index (χ0v) is 4.55. The third-order valence-electron chi connectivity index (χ3n) is 0.661. The Kier molecular flexibility index (Phi) is 3.84. The molecule has 1 atom stereocenters. The third-order valence-corrected chi connectivity index (χ3v) is 0.661. The topological polar surface area (TPSA) is 29.5 Å². The zero-order chi connectivity index (χ0) is 5.70. The van der Waals surface area contributed by atoms with Crippen LogP contribution in [0.4, 0.5) is 0 Å². The van der Waals surface area contributed by atoms with Crippen molar-refractivity contribution in [3.05, 3.63) is 6.92 Å². The summed E-state index contributed by atoms with van der Waals surface area (Å²) in [5, 5.41) is 8.32. The lowest BCUT2D eigenvalue weighted by Gasteiger charge is -1.96. The first-order valence-corrected chi connectivity index (χ1v) is 2.24. The molecule has 0 saturated heterocycles. The Hall–Kier alpha value is -0.210. The summed E-state index contributed by atoms with van der Waals surface area (Å²) in [6, 6.07) is 0. The Morgan fingerprint density at radius 3 is 2.57 bits per heavy atom. The highest BCUT2D eigenvalue weighted by Crippen LogP contribution is 1.88. The van der Waals surface area contributed by atoms with E-state index in [1.807, 2.05) is 0 Å². The molecule has 0 rings (SSSR count). The fourth-order valence-electron chi connectivity index (χ4n) is 0.288. The number of hydrogen-bond acceptors (Lipinski definition) is 2. The minimum Gasteiger partial charge on any atom is -0.392 e. The summed E-state index contributed by atoms with van der Waals surface area (Å²) >= 11 is 0. The van der Waals surface area contributed by atoms with Gasteiger partial charge in [0.25, 0.3) is 0 Å². The molecule has 0 aliphatic carbocycles. The normalized spacial score (nSPS) is 14.0. The van der Waals surface area contributed by atoms with E-state index in [1.165, 1.54) is 0 Å². The minimum absolute atomic E-state index is 0.0324. The van der Waals surface area contributed by atoms with E-state index in [-0.39, 0.29) is 12.5 Å². The fraction of sp³-hybridized carbons (Fsp3) is 0.800. The van der Waals surface area contributed by atoms with Crippen molar-refractivity contribution < 1.29 is 9.84 Å². The second-order valence-electron chi connectivity index (χ2n) is 1.50. The van der Waals surface area contributed by atoms with Crippen LogP contribution in [-0.4, -0.2) is 25.4 Å². The molecule has 0 bridgehead atoms. The summed E-state index contributed by atoms with van der Waals surface area (Å²) in [5.74, 6) is 0.0324. The minimum atomic E-state index is 0.0324. The molecule has 0 aliphatic rings. The van der Waals surface area contributed by atoms with Gasteiger partial charge in [0, 0.05) is 7.11 Å². The van der Waals surface area contributed by atoms with Crippen LogP contribution >= 0.6 is 0 Å². The van der Waals surface area contributed by atoms with Crippen LogP contribution in [0.25, 0.3) is 0 Å². The van der Waals surface area contributed by atoms with Gasteiger partial charge in [0.2, 0.25) is 0 Å². The molecule has 1 unspecified atom stereocenters. The average molecular weight is 103 g/mol. The van der Waals surface area contributed by atoms with Crippen LogP contribution in [0, 0.1) is 12.8 Å². The first kappa shape index (κ1) is 6.79. The van der Waals surface area contributed by atoms with Crippen molar-refractivity contribution in [1.29, 1.82) is 0 Å². The number of hydrogen-bond donors (Lipinski definition) is 1. The van der Waals surface area contributed by atoms with Gasteiger partial charge in [-0.05, 0) is 0 Å². The molecule has 0 aromatic rings. The molecule has 0 aromatic carbocycles.